The molecule has 5 heterocycles. The normalized spacial score (nSPS) is 12.5. The van der Waals surface area contributed by atoms with E-state index in [0.717, 1.165) is 88.6 Å². The average Bonchev–Trinajstić information content (AvgIpc) is 1.47. The fourth-order valence-corrected chi connectivity index (χ4v) is 12.0. The van der Waals surface area contributed by atoms with Crippen molar-refractivity contribution in [2.24, 2.45) is 11.7 Å². The van der Waals surface area contributed by atoms with Gasteiger partial charge in [0.1, 0.15) is 24.7 Å². The number of nitrogens with zero attached hydrogens (tertiary/aromatic N) is 3. The molecule has 0 saturated carbocycles. The molecule has 21 nitrogen and oxygen atoms in total. The molecule has 8 aromatic rings. The van der Waals surface area contributed by atoms with E-state index in [1.54, 1.807) is 42.5 Å². The summed E-state index contributed by atoms with van der Waals surface area (Å²) in [5, 5.41) is 25.0. The highest BCUT2D eigenvalue weighted by atomic mass is 16.4. The molecule has 0 unspecified atom stereocenters. The van der Waals surface area contributed by atoms with Crippen LogP contribution in [0.3, 0.4) is 0 Å². The van der Waals surface area contributed by atoms with Gasteiger partial charge in [0.05, 0.1) is 35.9 Å². The molecule has 7 amide bonds. The number of aromatic nitrogens is 4. The van der Waals surface area contributed by atoms with Crippen LogP contribution in [0.5, 0.6) is 0 Å². The Labute approximate surface area is 561 Å². The summed E-state index contributed by atoms with van der Waals surface area (Å²) in [6, 6.07) is 50.9. The largest absolute Gasteiger partial charge is 0.480 e. The molecule has 496 valence electrons. The van der Waals surface area contributed by atoms with Gasteiger partial charge in [-0.15, -0.1) is 0 Å². The lowest BCUT2D eigenvalue weighted by molar-refractivity contribution is -0.152. The Kier molecular flexibility index (Phi) is 23.0. The molecule has 11 N–H and O–H groups in total. The first-order valence-corrected chi connectivity index (χ1v) is 32.4. The van der Waals surface area contributed by atoms with Crippen molar-refractivity contribution in [1.82, 2.24) is 51.4 Å². The predicted octanol–water partition coefficient (Wildman–Crippen LogP) is 9.69. The number of likely N-dealkylation sites (N-methyl/N-ethyl adjacent to an activating group) is 1. The van der Waals surface area contributed by atoms with Gasteiger partial charge in [0.2, 0.25) is 41.4 Å². The van der Waals surface area contributed by atoms with Crippen LogP contribution >= 0.6 is 0 Å². The van der Waals surface area contributed by atoms with E-state index >= 15 is 0 Å². The number of nitrogens with two attached hydrogens (primary N) is 1. The fraction of sp³-hybridized carbons (Fsp3) is 0.237. The van der Waals surface area contributed by atoms with E-state index in [1.807, 2.05) is 105 Å². The lowest BCUT2D eigenvalue weighted by Gasteiger charge is -2.29. The smallest absolute Gasteiger partial charge is 0.322 e. The number of carbonyl (C=O) groups is 8. The van der Waals surface area contributed by atoms with Crippen molar-refractivity contribution in [2.45, 2.75) is 76.9 Å². The van der Waals surface area contributed by atoms with Gasteiger partial charge >= 0.3 is 5.97 Å². The van der Waals surface area contributed by atoms with Gasteiger partial charge in [0, 0.05) is 69.3 Å². The van der Waals surface area contributed by atoms with E-state index in [0.29, 0.717) is 29.8 Å². The number of carboxylic acid groups (broad SMARTS) is 1. The van der Waals surface area contributed by atoms with Crippen LogP contribution in [0.1, 0.15) is 80.7 Å². The Hall–Kier alpha value is -11.4. The van der Waals surface area contributed by atoms with Gasteiger partial charge in [-0.05, 0) is 134 Å². The number of hydrogen-bond donors (Lipinski definition) is 10. The van der Waals surface area contributed by atoms with Gasteiger partial charge in [-0.2, -0.15) is 0 Å². The highest BCUT2D eigenvalue weighted by molar-refractivity contribution is 6.04. The molecule has 0 aliphatic carbocycles. The Morgan fingerprint density at radius 1 is 0.495 bits per heavy atom. The van der Waals surface area contributed by atoms with E-state index in [1.165, 1.54) is 7.05 Å². The summed E-state index contributed by atoms with van der Waals surface area (Å²) in [4.78, 5) is 128. The molecule has 21 heteroatoms. The van der Waals surface area contributed by atoms with Crippen LogP contribution in [0.15, 0.2) is 170 Å². The van der Waals surface area contributed by atoms with Crippen molar-refractivity contribution in [3.63, 3.8) is 0 Å². The minimum atomic E-state index is -1.42. The number of imide groups is 1. The van der Waals surface area contributed by atoms with Crippen molar-refractivity contribution in [2.75, 3.05) is 38.5 Å². The Morgan fingerprint density at radius 3 is 1.41 bits per heavy atom. The maximum absolute atomic E-state index is 14.4. The minimum Gasteiger partial charge on any atom is -0.480 e. The number of aromatic amines is 2. The molecule has 10 rings (SSSR count). The van der Waals surface area contributed by atoms with Crippen molar-refractivity contribution < 1.29 is 43.5 Å². The van der Waals surface area contributed by atoms with E-state index in [2.05, 4.69) is 103 Å². The molecule has 3 aromatic heterocycles. The zero-order valence-electron chi connectivity index (χ0n) is 54.2. The summed E-state index contributed by atoms with van der Waals surface area (Å²) in [5.74, 6) is -6.57. The van der Waals surface area contributed by atoms with Gasteiger partial charge in [0.15, 0.2) is 0 Å². The number of rotatable bonds is 28. The first kappa shape index (κ1) is 68.4. The van der Waals surface area contributed by atoms with Gasteiger partial charge < -0.3 is 52.7 Å². The molecule has 2 aliphatic rings. The van der Waals surface area contributed by atoms with Crippen LogP contribution in [-0.2, 0) is 44.8 Å². The quantitative estimate of drug-likeness (QED) is 0.0204. The number of nitrogens with one attached hydrogen (secondary N) is 8. The second kappa shape index (κ2) is 32.6. The molecular formula is C76H78N12O9. The van der Waals surface area contributed by atoms with Crippen molar-refractivity contribution in [1.29, 1.82) is 0 Å². The second-order valence-electron chi connectivity index (χ2n) is 24.0. The Balaban J connectivity index is 0.900. The molecule has 8 bridgehead atoms. The number of amides is 7. The molecular weight excluding hydrogens is 1220 g/mol. The van der Waals surface area contributed by atoms with Gasteiger partial charge in [-0.25, -0.2) is 9.97 Å². The third-order valence-electron chi connectivity index (χ3n) is 16.5. The van der Waals surface area contributed by atoms with E-state index < -0.39 is 85.0 Å². The summed E-state index contributed by atoms with van der Waals surface area (Å²) >= 11 is 0. The maximum Gasteiger partial charge on any atom is 0.322 e. The van der Waals surface area contributed by atoms with Crippen LogP contribution in [0.2, 0.25) is 0 Å². The zero-order chi connectivity index (χ0) is 68.4. The van der Waals surface area contributed by atoms with E-state index in [-0.39, 0.29) is 44.7 Å². The Bertz CT molecular complexity index is 4380. The van der Waals surface area contributed by atoms with Crippen LogP contribution in [0, 0.1) is 5.92 Å². The van der Waals surface area contributed by atoms with Gasteiger partial charge in [-0.1, -0.05) is 147 Å². The summed E-state index contributed by atoms with van der Waals surface area (Å²) in [7, 11) is 1.50. The number of carbonyl (C=O) groups excluding carboxylic acids is 7. The van der Waals surface area contributed by atoms with E-state index in [9.17, 15) is 43.5 Å². The zero-order valence-corrected chi connectivity index (χ0v) is 54.2. The topological polar surface area (TPSA) is 316 Å². The summed E-state index contributed by atoms with van der Waals surface area (Å²) in [6.07, 6.45) is 8.16. The number of carboxylic acids is 1. The first-order chi connectivity index (χ1) is 47.0. The predicted molar refractivity (Wildman–Crippen MR) is 378 cm³/mol. The number of fused-ring (bicyclic) bond motifs is 8. The van der Waals surface area contributed by atoms with Gasteiger partial charge in [0.25, 0.3) is 0 Å². The number of aliphatic carboxylic acids is 1. The molecule has 0 fully saturated rings. The third-order valence-corrected chi connectivity index (χ3v) is 16.5. The number of unbranched alkanes of at least 4 members (excludes halogenated alkanes) is 1. The van der Waals surface area contributed by atoms with Crippen LogP contribution in [-0.4, -0.2) is 129 Å². The fourth-order valence-electron chi connectivity index (χ4n) is 12.0. The number of hydrogen-bond acceptors (Lipinski definition) is 12. The van der Waals surface area contributed by atoms with E-state index in [4.69, 9.17) is 15.7 Å². The number of benzene rings is 5. The van der Waals surface area contributed by atoms with Crippen LogP contribution in [0.25, 0.3) is 90.9 Å². The maximum atomic E-state index is 14.4. The molecule has 0 radical (unpaired) electrons. The summed E-state index contributed by atoms with van der Waals surface area (Å²) in [6.45, 7) is 2.21. The first-order valence-electron chi connectivity index (χ1n) is 32.4. The molecule has 5 aromatic carbocycles. The standard InChI is InChI=1S/C76H78N12O9/c1-47(2)42-62(74(95)80-46-69(93)94)87-75(96)63(43-48-18-8-4-9-19-48)86-66(90)44-79-76(97)64(26-16-17-41-77)88(68(92)45-78-3)67(91)40-39-65(89)81-53-29-27-52(28-30-53)73-60-37-35-58(84-60)71(50-22-12-6-13-23-50)56-33-31-54(82-56)70(49-20-10-5-11-21-49)55-32-34-57(83-55)72(51-24-14-7-15-25-51)59-36-38-61(73)85-59/h4-15,18-25,27-38,47,62-64,78,82,85H,16-17,26,39-46,77H2,1-3H3,(H,79,97)(H,80,95)(H,81,89)(H,86,90)(H,87,96)(H,93,94)/t62-,63-,64-/m0/s1. The average molecular weight is 1300 g/mol. The van der Waals surface area contributed by atoms with Crippen molar-refractivity contribution in [3.8, 4) is 44.5 Å². The van der Waals surface area contributed by atoms with Crippen molar-refractivity contribution >= 4 is 99.4 Å². The second-order valence-corrected chi connectivity index (χ2v) is 24.0. The Morgan fingerprint density at radius 2 is 0.959 bits per heavy atom. The van der Waals surface area contributed by atoms with Crippen LogP contribution < -0.4 is 37.6 Å². The SMILES string of the molecule is CNCC(=O)N(C(=O)CCC(=O)Nc1ccc(-c2c3nc(c(-c4ccccc4)c4ccc([nH]4)c(-c4ccccc4)c4nc(c(-c5ccccc5)c5ccc2[nH]5)C=C4)C=C3)cc1)[C@@H](CCCCN)C(=O)NCC(=O)N[C@@H](Cc1ccccc1)C(=O)N[C@@H](CC(C)C)C(=O)NCC(=O)O. The summed E-state index contributed by atoms with van der Waals surface area (Å²) < 4.78 is 0. The molecule has 0 spiro atoms. The van der Waals surface area contributed by atoms with Crippen LogP contribution in [0.4, 0.5) is 5.69 Å². The molecule has 0 saturated heterocycles. The summed E-state index contributed by atoms with van der Waals surface area (Å²) in [5.41, 5.74) is 20.4. The minimum absolute atomic E-state index is 0.0193. The molecule has 97 heavy (non-hydrogen) atoms. The number of anilines is 1. The third kappa shape index (κ3) is 17.5. The highest BCUT2D eigenvalue weighted by Crippen LogP contribution is 2.39. The van der Waals surface area contributed by atoms with Gasteiger partial charge in [-0.3, -0.25) is 43.3 Å². The lowest BCUT2D eigenvalue weighted by atomic mass is 10.0. The molecule has 2 aliphatic heterocycles. The number of H-pyrrole nitrogens is 2. The highest BCUT2D eigenvalue weighted by Gasteiger charge is 2.35. The molecule has 3 atom stereocenters. The van der Waals surface area contributed by atoms with Crippen molar-refractivity contribution in [3.05, 3.63) is 198 Å². The monoisotopic (exact) mass is 1300 g/mol. The lowest BCUT2D eigenvalue weighted by Crippen LogP contribution is -2.57.